The van der Waals surface area contributed by atoms with E-state index in [-0.39, 0.29) is 12.5 Å². The highest BCUT2D eigenvalue weighted by molar-refractivity contribution is 7.12. The summed E-state index contributed by atoms with van der Waals surface area (Å²) in [7, 11) is 3.15. The van der Waals surface area contributed by atoms with E-state index in [1.165, 1.54) is 5.56 Å². The third kappa shape index (κ3) is 7.39. The highest BCUT2D eigenvalue weighted by Gasteiger charge is 2.21. The van der Waals surface area contributed by atoms with Gasteiger partial charge >= 0.3 is 0 Å². The monoisotopic (exact) mass is 449 g/mol. The van der Waals surface area contributed by atoms with E-state index in [0.29, 0.717) is 30.3 Å². The summed E-state index contributed by atoms with van der Waals surface area (Å²) < 4.78 is 16.1. The number of carbonyl (C=O) groups is 1. The number of carbonyl (C=O) groups excluding carboxylic acids is 1. The lowest BCUT2D eigenvalue weighted by Gasteiger charge is -2.35. The van der Waals surface area contributed by atoms with Gasteiger partial charge in [0.25, 0.3) is 0 Å². The van der Waals surface area contributed by atoms with Crippen molar-refractivity contribution in [2.75, 3.05) is 65.4 Å². The van der Waals surface area contributed by atoms with Crippen LogP contribution in [0.4, 0.5) is 5.69 Å². The van der Waals surface area contributed by atoms with Crippen molar-refractivity contribution in [3.63, 3.8) is 0 Å². The minimum absolute atomic E-state index is 0.0802. The van der Waals surface area contributed by atoms with Gasteiger partial charge < -0.3 is 24.6 Å². The first-order valence-corrected chi connectivity index (χ1v) is 11.2. The van der Waals surface area contributed by atoms with Crippen molar-refractivity contribution in [1.82, 2.24) is 9.80 Å². The Morgan fingerprint density at radius 1 is 1.10 bits per heavy atom. The SMILES string of the molecule is COc1cc(NC(=O)CN2CCN(CC(O)COc3cc(C)cs3)CC2)cc(OC)c1. The number of anilines is 1. The first kappa shape index (κ1) is 23.3. The average molecular weight is 450 g/mol. The number of aryl methyl sites for hydroxylation is 1. The van der Waals surface area contributed by atoms with Crippen LogP contribution in [0.3, 0.4) is 0 Å². The van der Waals surface area contributed by atoms with Crippen LogP contribution < -0.4 is 19.5 Å². The van der Waals surface area contributed by atoms with Crippen LogP contribution in [-0.2, 0) is 4.79 Å². The number of thiophene rings is 1. The molecule has 1 aliphatic rings. The Morgan fingerprint density at radius 2 is 1.74 bits per heavy atom. The predicted octanol–water partition coefficient (Wildman–Crippen LogP) is 2.07. The maximum absolute atomic E-state index is 12.5. The Labute approximate surface area is 187 Å². The zero-order valence-corrected chi connectivity index (χ0v) is 19.1. The largest absolute Gasteiger partial charge is 0.497 e. The second-order valence-corrected chi connectivity index (χ2v) is 8.51. The number of nitrogens with one attached hydrogen (secondary N) is 1. The summed E-state index contributed by atoms with van der Waals surface area (Å²) in [5.41, 5.74) is 1.81. The molecule has 9 heteroatoms. The Bertz CT molecular complexity index is 829. The third-order valence-electron chi connectivity index (χ3n) is 5.06. The average Bonchev–Trinajstić information content (AvgIpc) is 3.18. The van der Waals surface area contributed by atoms with E-state index in [4.69, 9.17) is 14.2 Å². The Hall–Kier alpha value is -2.33. The molecular formula is C22H31N3O5S. The van der Waals surface area contributed by atoms with Crippen molar-refractivity contribution in [3.8, 4) is 16.6 Å². The first-order chi connectivity index (χ1) is 14.9. The minimum Gasteiger partial charge on any atom is -0.497 e. The smallest absolute Gasteiger partial charge is 0.238 e. The van der Waals surface area contributed by atoms with Crippen LogP contribution in [0, 0.1) is 6.92 Å². The molecule has 1 amide bonds. The van der Waals surface area contributed by atoms with Crippen molar-refractivity contribution < 1.29 is 24.1 Å². The molecule has 1 atom stereocenters. The molecule has 1 aromatic heterocycles. The van der Waals surface area contributed by atoms with Crippen molar-refractivity contribution in [2.24, 2.45) is 0 Å². The molecule has 1 fully saturated rings. The predicted molar refractivity (Wildman–Crippen MR) is 122 cm³/mol. The lowest BCUT2D eigenvalue weighted by atomic mass is 10.2. The molecular weight excluding hydrogens is 418 g/mol. The summed E-state index contributed by atoms with van der Waals surface area (Å²) in [5.74, 6) is 1.17. The summed E-state index contributed by atoms with van der Waals surface area (Å²) >= 11 is 1.54. The van der Waals surface area contributed by atoms with Crippen LogP contribution in [0.1, 0.15) is 5.56 Å². The number of hydrogen-bond donors (Lipinski definition) is 2. The number of aliphatic hydroxyl groups excluding tert-OH is 1. The van der Waals surface area contributed by atoms with Gasteiger partial charge in [-0.2, -0.15) is 0 Å². The number of nitrogens with zero attached hydrogens (tertiary/aromatic N) is 2. The van der Waals surface area contributed by atoms with Gasteiger partial charge in [0, 0.05) is 56.6 Å². The van der Waals surface area contributed by atoms with Crippen LogP contribution >= 0.6 is 11.3 Å². The van der Waals surface area contributed by atoms with Crippen molar-refractivity contribution in [1.29, 1.82) is 0 Å². The first-order valence-electron chi connectivity index (χ1n) is 10.3. The Balaban J connectivity index is 1.38. The zero-order chi connectivity index (χ0) is 22.2. The van der Waals surface area contributed by atoms with Gasteiger partial charge in [-0.1, -0.05) is 0 Å². The molecule has 1 unspecified atom stereocenters. The summed E-state index contributed by atoms with van der Waals surface area (Å²) in [6.45, 7) is 6.33. The number of β-amino-alcohol motifs (C(OH)–C–C–N with tert-alkyl or cyclic N) is 1. The number of hydrogen-bond acceptors (Lipinski definition) is 8. The number of rotatable bonds is 10. The van der Waals surface area contributed by atoms with Gasteiger partial charge in [-0.25, -0.2) is 0 Å². The third-order valence-corrected chi connectivity index (χ3v) is 6.02. The molecule has 1 aliphatic heterocycles. The van der Waals surface area contributed by atoms with E-state index in [0.717, 1.165) is 31.2 Å². The van der Waals surface area contributed by atoms with Gasteiger partial charge in [-0.3, -0.25) is 14.6 Å². The van der Waals surface area contributed by atoms with E-state index in [9.17, 15) is 9.90 Å². The van der Waals surface area contributed by atoms with Crippen LogP contribution in [0.25, 0.3) is 0 Å². The van der Waals surface area contributed by atoms with Crippen LogP contribution in [-0.4, -0.2) is 87.0 Å². The molecule has 2 aromatic rings. The zero-order valence-electron chi connectivity index (χ0n) is 18.3. The van der Waals surface area contributed by atoms with Crippen molar-refractivity contribution >= 4 is 22.9 Å². The standard InChI is InChI=1S/C22H31N3O5S/c1-16-8-22(31-15-16)30-14-18(26)12-24-4-6-25(7-5-24)13-21(27)23-17-9-19(28-2)11-20(10-17)29-3/h8-11,15,18,26H,4-7,12-14H2,1-3H3,(H,23,27). The number of amides is 1. The minimum atomic E-state index is -0.541. The van der Waals surface area contributed by atoms with Gasteiger partial charge in [-0.15, -0.1) is 11.3 Å². The van der Waals surface area contributed by atoms with Gasteiger partial charge in [0.2, 0.25) is 5.91 Å². The van der Waals surface area contributed by atoms with Gasteiger partial charge in [0.05, 0.1) is 20.8 Å². The molecule has 1 saturated heterocycles. The van der Waals surface area contributed by atoms with Crippen molar-refractivity contribution in [2.45, 2.75) is 13.0 Å². The fourth-order valence-corrected chi connectivity index (χ4v) is 4.18. The topological polar surface area (TPSA) is 83.5 Å². The Kier molecular flexibility index (Phi) is 8.53. The summed E-state index contributed by atoms with van der Waals surface area (Å²) in [4.78, 5) is 16.8. The number of aliphatic hydroxyl groups is 1. The van der Waals surface area contributed by atoms with Crippen molar-refractivity contribution in [3.05, 3.63) is 35.2 Å². The maximum atomic E-state index is 12.5. The molecule has 2 N–H and O–H groups in total. The highest BCUT2D eigenvalue weighted by Crippen LogP contribution is 2.26. The number of piperazine rings is 1. The number of methoxy groups -OCH3 is 2. The second kappa shape index (κ2) is 11.3. The molecule has 1 aromatic carbocycles. The molecule has 2 heterocycles. The van der Waals surface area contributed by atoms with E-state index in [1.54, 1.807) is 43.8 Å². The fraction of sp³-hybridized carbons (Fsp3) is 0.500. The maximum Gasteiger partial charge on any atom is 0.238 e. The van der Waals surface area contributed by atoms with Gasteiger partial charge in [0.1, 0.15) is 24.2 Å². The van der Waals surface area contributed by atoms with E-state index in [2.05, 4.69) is 15.1 Å². The van der Waals surface area contributed by atoms with Crippen LogP contribution in [0.15, 0.2) is 29.6 Å². The molecule has 0 saturated carbocycles. The van der Waals surface area contributed by atoms with E-state index in [1.807, 2.05) is 18.4 Å². The molecule has 3 rings (SSSR count). The van der Waals surface area contributed by atoms with Crippen LogP contribution in [0.5, 0.6) is 16.6 Å². The second-order valence-electron chi connectivity index (χ2n) is 7.63. The molecule has 170 valence electrons. The summed E-state index contributed by atoms with van der Waals surface area (Å²) in [6, 6.07) is 7.26. The summed E-state index contributed by atoms with van der Waals surface area (Å²) in [5, 5.41) is 16.0. The quantitative estimate of drug-likeness (QED) is 0.575. The normalized spacial score (nSPS) is 16.0. The van der Waals surface area contributed by atoms with E-state index >= 15 is 0 Å². The molecule has 8 nitrogen and oxygen atoms in total. The number of ether oxygens (including phenoxy) is 3. The molecule has 0 bridgehead atoms. The lowest BCUT2D eigenvalue weighted by molar-refractivity contribution is -0.117. The van der Waals surface area contributed by atoms with Gasteiger partial charge in [-0.05, 0) is 23.9 Å². The Morgan fingerprint density at radius 3 is 2.32 bits per heavy atom. The highest BCUT2D eigenvalue weighted by atomic mass is 32.1. The molecule has 0 aliphatic carbocycles. The number of benzene rings is 1. The van der Waals surface area contributed by atoms with Gasteiger partial charge in [0.15, 0.2) is 5.06 Å². The fourth-order valence-electron chi connectivity index (χ4n) is 3.42. The summed E-state index contributed by atoms with van der Waals surface area (Å²) in [6.07, 6.45) is -0.541. The van der Waals surface area contributed by atoms with E-state index < -0.39 is 6.10 Å². The molecule has 31 heavy (non-hydrogen) atoms. The molecule has 0 radical (unpaired) electrons. The lowest BCUT2D eigenvalue weighted by Crippen LogP contribution is -2.50. The molecule has 0 spiro atoms. The van der Waals surface area contributed by atoms with Crippen LogP contribution in [0.2, 0.25) is 0 Å².